The van der Waals surface area contributed by atoms with Crippen molar-refractivity contribution >= 4 is 24.0 Å². The van der Waals surface area contributed by atoms with Crippen molar-refractivity contribution in [2.45, 2.75) is 6.92 Å². The number of phenols is 1. The van der Waals surface area contributed by atoms with Crippen molar-refractivity contribution in [1.29, 1.82) is 0 Å². The van der Waals surface area contributed by atoms with E-state index >= 15 is 0 Å². The number of phenolic OH excluding ortho intramolecular Hbond substituents is 1. The van der Waals surface area contributed by atoms with Crippen molar-refractivity contribution in [3.8, 4) is 5.75 Å². The molecule has 96 valence electrons. The smallest absolute Gasteiger partial charge is 0.259 e. The molecule has 0 saturated heterocycles. The van der Waals surface area contributed by atoms with Crippen LogP contribution in [0.5, 0.6) is 5.75 Å². The van der Waals surface area contributed by atoms with Crippen molar-refractivity contribution < 1.29 is 9.90 Å². The van der Waals surface area contributed by atoms with E-state index in [9.17, 15) is 9.90 Å². The Morgan fingerprint density at radius 3 is 2.53 bits per heavy atom. The van der Waals surface area contributed by atoms with Gasteiger partial charge >= 0.3 is 0 Å². The number of aliphatic imine (C=N–C) groups is 1. The summed E-state index contributed by atoms with van der Waals surface area (Å²) in [5, 5.41) is 12.6. The van der Waals surface area contributed by atoms with Crippen LogP contribution in [0.25, 0.3) is 0 Å². The van der Waals surface area contributed by atoms with E-state index < -0.39 is 0 Å². The fourth-order valence-electron chi connectivity index (χ4n) is 1.85. The third kappa shape index (κ3) is 2.80. The first-order chi connectivity index (χ1) is 9.11. The second kappa shape index (κ2) is 5.35. The Morgan fingerprint density at radius 2 is 1.95 bits per heavy atom. The predicted octanol–water partition coefficient (Wildman–Crippen LogP) is 3.29. The first-order valence-corrected chi connectivity index (χ1v) is 5.78. The van der Waals surface area contributed by atoms with Gasteiger partial charge in [-0.05, 0) is 37.4 Å². The average molecular weight is 254 g/mol. The Morgan fingerprint density at radius 1 is 1.26 bits per heavy atom. The van der Waals surface area contributed by atoms with Gasteiger partial charge in [-0.1, -0.05) is 18.2 Å². The van der Waals surface area contributed by atoms with Gasteiger partial charge in [-0.25, -0.2) is 0 Å². The molecule has 0 heterocycles. The summed E-state index contributed by atoms with van der Waals surface area (Å²) in [6, 6.07) is 12.2. The lowest BCUT2D eigenvalue weighted by molar-refractivity contribution is 0.102. The molecule has 19 heavy (non-hydrogen) atoms. The highest BCUT2D eigenvalue weighted by Gasteiger charge is 2.15. The van der Waals surface area contributed by atoms with Crippen molar-refractivity contribution in [3.05, 3.63) is 53.6 Å². The van der Waals surface area contributed by atoms with Crippen LogP contribution >= 0.6 is 0 Å². The van der Waals surface area contributed by atoms with E-state index in [0.717, 1.165) is 0 Å². The lowest BCUT2D eigenvalue weighted by Gasteiger charge is -2.10. The molecule has 0 radical (unpaired) electrons. The van der Waals surface area contributed by atoms with E-state index in [1.54, 1.807) is 25.1 Å². The summed E-state index contributed by atoms with van der Waals surface area (Å²) < 4.78 is 0. The minimum Gasteiger partial charge on any atom is -0.507 e. The first-order valence-electron chi connectivity index (χ1n) is 5.78. The van der Waals surface area contributed by atoms with E-state index in [1.807, 2.05) is 18.2 Å². The molecule has 2 aromatic rings. The monoisotopic (exact) mass is 254 g/mol. The summed E-state index contributed by atoms with van der Waals surface area (Å²) in [5.41, 5.74) is 2.11. The van der Waals surface area contributed by atoms with Crippen LogP contribution in [0.4, 0.5) is 11.4 Å². The van der Waals surface area contributed by atoms with Gasteiger partial charge in [0.15, 0.2) is 0 Å². The van der Waals surface area contributed by atoms with Crippen LogP contribution in [0, 0.1) is 6.92 Å². The maximum Gasteiger partial charge on any atom is 0.259 e. The molecule has 4 heteroatoms. The third-order valence-corrected chi connectivity index (χ3v) is 2.74. The molecule has 0 spiro atoms. The largest absolute Gasteiger partial charge is 0.507 e. The number of aryl methyl sites for hydroxylation is 1. The number of amides is 1. The third-order valence-electron chi connectivity index (χ3n) is 2.74. The summed E-state index contributed by atoms with van der Waals surface area (Å²) in [6.07, 6.45) is 0. The summed E-state index contributed by atoms with van der Waals surface area (Å²) in [4.78, 5) is 15.9. The standard InChI is InChI=1S/C15H14N2O2/c1-10-8-12(16-2)9-13(18)14(10)15(19)17-11-6-4-3-5-7-11/h3-9,18H,2H2,1H3,(H,17,19). The van der Waals surface area contributed by atoms with Gasteiger partial charge in [0, 0.05) is 11.8 Å². The highest BCUT2D eigenvalue weighted by Crippen LogP contribution is 2.28. The van der Waals surface area contributed by atoms with Gasteiger partial charge in [-0.3, -0.25) is 9.79 Å². The van der Waals surface area contributed by atoms with E-state index in [0.29, 0.717) is 16.9 Å². The van der Waals surface area contributed by atoms with Gasteiger partial charge in [0.25, 0.3) is 5.91 Å². The molecule has 1 amide bonds. The van der Waals surface area contributed by atoms with E-state index in [1.165, 1.54) is 6.07 Å². The normalized spacial score (nSPS) is 9.95. The average Bonchev–Trinajstić information content (AvgIpc) is 2.38. The molecular formula is C15H14N2O2. The first kappa shape index (κ1) is 12.8. The topological polar surface area (TPSA) is 61.7 Å². The molecule has 0 aliphatic carbocycles. The van der Waals surface area contributed by atoms with Crippen molar-refractivity contribution in [3.63, 3.8) is 0 Å². The van der Waals surface area contributed by atoms with Crippen molar-refractivity contribution in [2.75, 3.05) is 5.32 Å². The number of carbonyl (C=O) groups excluding carboxylic acids is 1. The van der Waals surface area contributed by atoms with Gasteiger partial charge in [-0.2, -0.15) is 0 Å². The highest BCUT2D eigenvalue weighted by molar-refractivity contribution is 6.07. The Balaban J connectivity index is 2.32. The zero-order valence-corrected chi connectivity index (χ0v) is 10.6. The number of aromatic hydroxyl groups is 1. The Labute approximate surface area is 111 Å². The molecule has 0 bridgehead atoms. The number of hydrogen-bond donors (Lipinski definition) is 2. The predicted molar refractivity (Wildman–Crippen MR) is 76.4 cm³/mol. The second-order valence-corrected chi connectivity index (χ2v) is 4.14. The summed E-state index contributed by atoms with van der Waals surface area (Å²) in [7, 11) is 0. The van der Waals surface area contributed by atoms with Gasteiger partial charge in [-0.15, -0.1) is 0 Å². The highest BCUT2D eigenvalue weighted by atomic mass is 16.3. The molecule has 4 nitrogen and oxygen atoms in total. The number of nitrogens with one attached hydrogen (secondary N) is 1. The lowest BCUT2D eigenvalue weighted by atomic mass is 10.1. The molecule has 2 rings (SSSR count). The fourth-order valence-corrected chi connectivity index (χ4v) is 1.85. The molecular weight excluding hydrogens is 240 g/mol. The van der Waals surface area contributed by atoms with Crippen LogP contribution in [0.2, 0.25) is 0 Å². The lowest BCUT2D eigenvalue weighted by Crippen LogP contribution is -2.13. The molecule has 0 atom stereocenters. The van der Waals surface area contributed by atoms with Crippen LogP contribution in [-0.2, 0) is 0 Å². The fraction of sp³-hybridized carbons (Fsp3) is 0.0667. The van der Waals surface area contributed by atoms with Crippen LogP contribution < -0.4 is 5.32 Å². The molecule has 0 unspecified atom stereocenters. The Kier molecular flexibility index (Phi) is 3.61. The number of carbonyl (C=O) groups is 1. The van der Waals surface area contributed by atoms with Crippen LogP contribution in [0.15, 0.2) is 47.5 Å². The molecule has 0 fully saturated rings. The zero-order chi connectivity index (χ0) is 13.8. The number of nitrogens with zero attached hydrogens (tertiary/aromatic N) is 1. The number of rotatable bonds is 3. The maximum atomic E-state index is 12.1. The van der Waals surface area contributed by atoms with Gasteiger partial charge in [0.05, 0.1) is 11.3 Å². The number of benzene rings is 2. The molecule has 0 aliphatic heterocycles. The van der Waals surface area contributed by atoms with E-state index in [2.05, 4.69) is 17.0 Å². The minimum atomic E-state index is -0.350. The Bertz CT molecular complexity index is 598. The van der Waals surface area contributed by atoms with Gasteiger partial charge in [0.2, 0.25) is 0 Å². The van der Waals surface area contributed by atoms with Gasteiger partial charge in [0.1, 0.15) is 5.75 Å². The number of para-hydroxylation sites is 1. The van der Waals surface area contributed by atoms with Crippen LogP contribution in [0.1, 0.15) is 15.9 Å². The van der Waals surface area contributed by atoms with Gasteiger partial charge < -0.3 is 10.4 Å². The number of hydrogen-bond acceptors (Lipinski definition) is 3. The molecule has 0 aromatic heterocycles. The van der Waals surface area contributed by atoms with Crippen molar-refractivity contribution in [1.82, 2.24) is 0 Å². The minimum absolute atomic E-state index is 0.101. The van der Waals surface area contributed by atoms with Crippen LogP contribution in [0.3, 0.4) is 0 Å². The Hall–Kier alpha value is -2.62. The molecule has 2 aromatic carbocycles. The summed E-state index contributed by atoms with van der Waals surface area (Å²) >= 11 is 0. The maximum absolute atomic E-state index is 12.1. The molecule has 0 aliphatic rings. The second-order valence-electron chi connectivity index (χ2n) is 4.14. The molecule has 2 N–H and O–H groups in total. The molecule has 0 saturated carbocycles. The van der Waals surface area contributed by atoms with E-state index in [-0.39, 0.29) is 17.2 Å². The zero-order valence-electron chi connectivity index (χ0n) is 10.6. The SMILES string of the molecule is C=Nc1cc(C)c(C(=O)Nc2ccccc2)c(O)c1. The van der Waals surface area contributed by atoms with Crippen LogP contribution in [-0.4, -0.2) is 17.7 Å². The number of anilines is 1. The van der Waals surface area contributed by atoms with Crippen molar-refractivity contribution in [2.24, 2.45) is 4.99 Å². The van der Waals surface area contributed by atoms with E-state index in [4.69, 9.17) is 0 Å². The summed E-state index contributed by atoms with van der Waals surface area (Å²) in [6.45, 7) is 5.14. The quantitative estimate of drug-likeness (QED) is 0.825. The summed E-state index contributed by atoms with van der Waals surface area (Å²) in [5.74, 6) is -0.451.